The highest BCUT2D eigenvalue weighted by atomic mass is 127. The van der Waals surface area contributed by atoms with Gasteiger partial charge in [0.2, 0.25) is 0 Å². The van der Waals surface area contributed by atoms with Crippen LogP contribution in [0.4, 0.5) is 22.0 Å². The van der Waals surface area contributed by atoms with Gasteiger partial charge in [-0.05, 0) is 34.2 Å². The summed E-state index contributed by atoms with van der Waals surface area (Å²) in [6.07, 6.45) is -5.25. The van der Waals surface area contributed by atoms with Crippen LogP contribution in [0.3, 0.4) is 0 Å². The molecule has 1 unspecified atom stereocenters. The van der Waals surface area contributed by atoms with Gasteiger partial charge in [-0.2, -0.15) is 22.0 Å². The molecule has 0 rings (SSSR count). The van der Waals surface area contributed by atoms with Crippen molar-refractivity contribution in [3.8, 4) is 0 Å². The highest BCUT2D eigenvalue weighted by molar-refractivity contribution is 14.1. The number of hydrogen-bond donors (Lipinski definition) is 0. The molecular weight excluding hydrogens is 329 g/mol. The predicted octanol–water partition coefficient (Wildman–Crippen LogP) is 3.75. The molecule has 0 aliphatic rings. The predicted molar refractivity (Wildman–Crippen MR) is 39.5 cm³/mol. The fourth-order valence-electron chi connectivity index (χ4n) is 0.161. The van der Waals surface area contributed by atoms with E-state index in [4.69, 9.17) is 0 Å². The van der Waals surface area contributed by atoms with Crippen LogP contribution >= 0.6 is 45.8 Å². The van der Waals surface area contributed by atoms with Crippen molar-refractivity contribution in [1.29, 1.82) is 0 Å². The summed E-state index contributed by atoms with van der Waals surface area (Å²) in [5.41, 5.74) is 0. The smallest absolute Gasteiger partial charge is 0.185 e. The molecule has 0 heterocycles. The quantitative estimate of drug-likeness (QED) is 0.391. The van der Waals surface area contributed by atoms with E-state index in [1.54, 1.807) is 0 Å². The van der Waals surface area contributed by atoms with Crippen LogP contribution in [0.1, 0.15) is 0 Å². The van der Waals surface area contributed by atoms with Gasteiger partial charge in [0.05, 0.1) is 0 Å². The standard InChI is InChI=1S/C3Cl2F5I/c4-1(11,2(5,6)7)3(8,9)10. The molecular formula is C3Cl2F5I. The van der Waals surface area contributed by atoms with Crippen LogP contribution in [0.2, 0.25) is 0 Å². The first-order chi connectivity index (χ1) is 4.50. The third kappa shape index (κ3) is 2.45. The van der Waals surface area contributed by atoms with Gasteiger partial charge in [0.25, 0.3) is 2.88 Å². The van der Waals surface area contributed by atoms with E-state index in [0.29, 0.717) is 22.6 Å². The summed E-state index contributed by atoms with van der Waals surface area (Å²) in [5, 5.41) is -4.52. The molecule has 0 aliphatic carbocycles. The average Bonchev–Trinajstić information content (AvgIpc) is 1.58. The molecule has 0 nitrogen and oxygen atoms in total. The summed E-state index contributed by atoms with van der Waals surface area (Å²) >= 11 is 8.93. The van der Waals surface area contributed by atoms with Crippen LogP contribution < -0.4 is 0 Å². The Bertz CT molecular complexity index is 131. The molecule has 1 atom stereocenters. The van der Waals surface area contributed by atoms with Crippen LogP contribution in [0.15, 0.2) is 0 Å². The summed E-state index contributed by atoms with van der Waals surface area (Å²) in [4.78, 5) is 0. The Labute approximate surface area is 82.2 Å². The minimum absolute atomic E-state index is 0.348. The lowest BCUT2D eigenvalue weighted by molar-refractivity contribution is -0.168. The Balaban J connectivity index is 4.75. The van der Waals surface area contributed by atoms with E-state index in [0.717, 1.165) is 0 Å². The minimum Gasteiger partial charge on any atom is -0.185 e. The van der Waals surface area contributed by atoms with Crippen molar-refractivity contribution in [2.45, 2.75) is 14.4 Å². The van der Waals surface area contributed by atoms with Gasteiger partial charge in [0, 0.05) is 0 Å². The fraction of sp³-hybridized carbons (Fsp3) is 1.00. The maximum Gasteiger partial charge on any atom is 0.424 e. The van der Waals surface area contributed by atoms with Crippen LogP contribution in [-0.4, -0.2) is 14.4 Å². The SMILES string of the molecule is FC(F)(F)C(Cl)(I)C(F)(F)Cl. The Morgan fingerprint density at radius 2 is 1.18 bits per heavy atom. The number of rotatable bonds is 1. The molecule has 0 saturated carbocycles. The largest absolute Gasteiger partial charge is 0.424 e. The van der Waals surface area contributed by atoms with E-state index >= 15 is 0 Å². The molecule has 0 saturated heterocycles. The summed E-state index contributed by atoms with van der Waals surface area (Å²) in [6, 6.07) is 0. The van der Waals surface area contributed by atoms with Crippen LogP contribution in [0.25, 0.3) is 0 Å². The maximum absolute atomic E-state index is 11.9. The summed E-state index contributed by atoms with van der Waals surface area (Å²) in [5.74, 6) is 0. The lowest BCUT2D eigenvalue weighted by Gasteiger charge is -2.26. The zero-order valence-electron chi connectivity index (χ0n) is 4.52. The second-order valence-corrected chi connectivity index (χ2v) is 4.87. The van der Waals surface area contributed by atoms with E-state index in [9.17, 15) is 22.0 Å². The second kappa shape index (κ2) is 3.02. The highest BCUT2D eigenvalue weighted by Gasteiger charge is 2.67. The van der Waals surface area contributed by atoms with Crippen molar-refractivity contribution in [3.05, 3.63) is 0 Å². The van der Waals surface area contributed by atoms with Crippen LogP contribution in [0.5, 0.6) is 0 Å². The molecule has 0 radical (unpaired) electrons. The zero-order valence-corrected chi connectivity index (χ0v) is 8.19. The molecule has 0 aliphatic heterocycles. The summed E-state index contributed by atoms with van der Waals surface area (Å²) in [7, 11) is 0. The lowest BCUT2D eigenvalue weighted by Crippen LogP contribution is -2.46. The van der Waals surface area contributed by atoms with Crippen molar-refractivity contribution in [2.75, 3.05) is 0 Å². The van der Waals surface area contributed by atoms with E-state index in [1.807, 2.05) is 0 Å². The van der Waals surface area contributed by atoms with Crippen LogP contribution in [0, 0.1) is 0 Å². The van der Waals surface area contributed by atoms with E-state index in [-0.39, 0.29) is 0 Å². The molecule has 0 amide bonds. The Morgan fingerprint density at radius 1 is 0.909 bits per heavy atom. The van der Waals surface area contributed by atoms with Gasteiger partial charge in [-0.3, -0.25) is 0 Å². The molecule has 0 N–H and O–H groups in total. The van der Waals surface area contributed by atoms with E-state index < -0.39 is 14.4 Å². The third-order valence-corrected chi connectivity index (χ3v) is 3.15. The van der Waals surface area contributed by atoms with Crippen molar-refractivity contribution >= 4 is 45.8 Å². The summed E-state index contributed by atoms with van der Waals surface area (Å²) < 4.78 is 54.9. The fourth-order valence-corrected chi connectivity index (χ4v) is 0.268. The first kappa shape index (κ1) is 12.0. The molecule has 0 aromatic rings. The minimum atomic E-state index is -5.25. The monoisotopic (exact) mass is 328 g/mol. The van der Waals surface area contributed by atoms with Crippen molar-refractivity contribution in [2.24, 2.45) is 0 Å². The van der Waals surface area contributed by atoms with Gasteiger partial charge in [-0.15, -0.1) is 0 Å². The number of alkyl halides is 8. The molecule has 11 heavy (non-hydrogen) atoms. The number of halogens is 8. The van der Waals surface area contributed by atoms with Gasteiger partial charge in [0.15, 0.2) is 0 Å². The molecule has 0 fully saturated rings. The summed E-state index contributed by atoms with van der Waals surface area (Å²) in [6.45, 7) is 0. The normalized spacial score (nSPS) is 19.6. The van der Waals surface area contributed by atoms with E-state index in [2.05, 4.69) is 23.2 Å². The average molecular weight is 329 g/mol. The van der Waals surface area contributed by atoms with Gasteiger partial charge in [0.1, 0.15) is 0 Å². The van der Waals surface area contributed by atoms with Crippen LogP contribution in [-0.2, 0) is 0 Å². The topological polar surface area (TPSA) is 0 Å². The first-order valence-electron chi connectivity index (χ1n) is 2.01. The molecule has 68 valence electrons. The van der Waals surface area contributed by atoms with E-state index in [1.165, 1.54) is 0 Å². The maximum atomic E-state index is 11.9. The van der Waals surface area contributed by atoms with Gasteiger partial charge >= 0.3 is 11.6 Å². The number of hydrogen-bond acceptors (Lipinski definition) is 0. The highest BCUT2D eigenvalue weighted by Crippen LogP contribution is 2.53. The van der Waals surface area contributed by atoms with Crippen molar-refractivity contribution in [1.82, 2.24) is 0 Å². The van der Waals surface area contributed by atoms with Gasteiger partial charge in [-0.25, -0.2) is 0 Å². The first-order valence-corrected chi connectivity index (χ1v) is 3.85. The molecule has 0 aromatic carbocycles. The van der Waals surface area contributed by atoms with Gasteiger partial charge in [-0.1, -0.05) is 11.6 Å². The molecule has 0 spiro atoms. The Kier molecular flexibility index (Phi) is 3.29. The van der Waals surface area contributed by atoms with Crippen molar-refractivity contribution < 1.29 is 22.0 Å². The lowest BCUT2D eigenvalue weighted by atomic mass is 10.4. The Hall–Kier alpha value is 0.960. The molecule has 0 bridgehead atoms. The Morgan fingerprint density at radius 3 is 1.18 bits per heavy atom. The van der Waals surface area contributed by atoms with Gasteiger partial charge < -0.3 is 0 Å². The molecule has 0 aromatic heterocycles. The second-order valence-electron chi connectivity index (χ2n) is 1.57. The molecule has 8 heteroatoms. The van der Waals surface area contributed by atoms with Crippen molar-refractivity contribution in [3.63, 3.8) is 0 Å². The zero-order chi connectivity index (χ0) is 9.50. The third-order valence-electron chi connectivity index (χ3n) is 0.712.